The number of unbranched alkanes of at least 4 members (excludes halogenated alkanes) is 2. The third-order valence-electron chi connectivity index (χ3n) is 3.23. The van der Waals surface area contributed by atoms with Crippen molar-refractivity contribution in [2.45, 2.75) is 58.3 Å². The normalized spacial score (nSPS) is 15.1. The molecule has 0 aliphatic heterocycles. The van der Waals surface area contributed by atoms with Gasteiger partial charge in [0.25, 0.3) is 0 Å². The summed E-state index contributed by atoms with van der Waals surface area (Å²) in [5.74, 6) is -0.0832. The third-order valence-corrected chi connectivity index (χ3v) is 3.23. The smallest absolute Gasteiger partial charge is 0.308 e. The highest BCUT2D eigenvalue weighted by Crippen LogP contribution is 2.33. The maximum atomic E-state index is 9.15. The Balaban J connectivity index is 2.67. The van der Waals surface area contributed by atoms with Crippen LogP contribution in [0.5, 0.6) is 5.95 Å². The molecule has 0 saturated heterocycles. The monoisotopic (exact) mass is 211 g/mol. The van der Waals surface area contributed by atoms with Crippen LogP contribution in [0.2, 0.25) is 0 Å². The van der Waals surface area contributed by atoms with Crippen LogP contribution in [0.4, 0.5) is 0 Å². The maximum Gasteiger partial charge on any atom is 0.308 e. The number of aromatic hydroxyl groups is 1. The first-order valence-corrected chi connectivity index (χ1v) is 5.78. The molecule has 1 heterocycles. The van der Waals surface area contributed by atoms with E-state index in [1.165, 1.54) is 19.3 Å². The molecular formula is C12H21NO2. The van der Waals surface area contributed by atoms with Crippen LogP contribution in [0.3, 0.4) is 0 Å². The summed E-state index contributed by atoms with van der Waals surface area (Å²) in [6, 6.07) is 1.63. The Morgan fingerprint density at radius 3 is 2.60 bits per heavy atom. The number of nitrogens with zero attached hydrogens (tertiary/aromatic N) is 1. The van der Waals surface area contributed by atoms with Crippen molar-refractivity contribution in [2.24, 2.45) is 0 Å². The highest BCUT2D eigenvalue weighted by Gasteiger charge is 2.27. The van der Waals surface area contributed by atoms with Gasteiger partial charge in [0, 0.05) is 11.5 Å². The van der Waals surface area contributed by atoms with Crippen molar-refractivity contribution < 1.29 is 9.63 Å². The number of rotatable bonds is 6. The largest absolute Gasteiger partial charge is 0.479 e. The van der Waals surface area contributed by atoms with E-state index in [-0.39, 0.29) is 11.4 Å². The van der Waals surface area contributed by atoms with Crippen LogP contribution >= 0.6 is 0 Å². The predicted molar refractivity (Wildman–Crippen MR) is 60.0 cm³/mol. The average Bonchev–Trinajstić information content (AvgIpc) is 2.65. The molecule has 0 aliphatic rings. The standard InChI is InChI=1S/C12H21NO2/c1-4-6-7-8-12(3,5-2)10-9-11(14)15-13-10/h9,14H,4-8H2,1-3H3. The summed E-state index contributed by atoms with van der Waals surface area (Å²) in [4.78, 5) is 0. The molecule has 1 N–H and O–H groups in total. The molecule has 3 nitrogen and oxygen atoms in total. The summed E-state index contributed by atoms with van der Waals surface area (Å²) in [5, 5.41) is 13.1. The van der Waals surface area contributed by atoms with E-state index >= 15 is 0 Å². The molecule has 0 amide bonds. The fraction of sp³-hybridized carbons (Fsp3) is 0.750. The van der Waals surface area contributed by atoms with Gasteiger partial charge in [0.2, 0.25) is 0 Å². The van der Waals surface area contributed by atoms with Crippen LogP contribution in [-0.2, 0) is 5.41 Å². The lowest BCUT2D eigenvalue weighted by Crippen LogP contribution is -2.21. The molecular weight excluding hydrogens is 190 g/mol. The summed E-state index contributed by atoms with van der Waals surface area (Å²) in [5.41, 5.74) is 0.915. The van der Waals surface area contributed by atoms with Crippen molar-refractivity contribution in [3.8, 4) is 5.95 Å². The van der Waals surface area contributed by atoms with E-state index < -0.39 is 0 Å². The van der Waals surface area contributed by atoms with Gasteiger partial charge in [0.05, 0.1) is 5.69 Å². The first kappa shape index (κ1) is 12.1. The zero-order chi connectivity index (χ0) is 11.3. The fourth-order valence-electron chi connectivity index (χ4n) is 1.80. The Morgan fingerprint density at radius 1 is 1.40 bits per heavy atom. The lowest BCUT2D eigenvalue weighted by atomic mass is 9.79. The zero-order valence-corrected chi connectivity index (χ0v) is 9.92. The van der Waals surface area contributed by atoms with Crippen molar-refractivity contribution in [2.75, 3.05) is 0 Å². The molecule has 15 heavy (non-hydrogen) atoms. The van der Waals surface area contributed by atoms with Gasteiger partial charge in [-0.1, -0.05) is 45.2 Å². The van der Waals surface area contributed by atoms with E-state index in [0.717, 1.165) is 18.5 Å². The highest BCUT2D eigenvalue weighted by molar-refractivity contribution is 5.18. The summed E-state index contributed by atoms with van der Waals surface area (Å²) >= 11 is 0. The molecule has 0 bridgehead atoms. The Hall–Kier alpha value is -0.990. The van der Waals surface area contributed by atoms with Crippen LogP contribution in [0.1, 0.15) is 58.6 Å². The summed E-state index contributed by atoms with van der Waals surface area (Å²) < 4.78 is 4.72. The van der Waals surface area contributed by atoms with Gasteiger partial charge in [-0.2, -0.15) is 0 Å². The Morgan fingerprint density at radius 2 is 2.13 bits per heavy atom. The van der Waals surface area contributed by atoms with Crippen LogP contribution in [0, 0.1) is 0 Å². The van der Waals surface area contributed by atoms with E-state index in [0.29, 0.717) is 0 Å². The SMILES string of the molecule is CCCCCC(C)(CC)c1cc(O)on1. The van der Waals surface area contributed by atoms with E-state index in [4.69, 9.17) is 9.63 Å². The van der Waals surface area contributed by atoms with Crippen LogP contribution in [0.25, 0.3) is 0 Å². The number of aromatic nitrogens is 1. The molecule has 0 fully saturated rings. The second kappa shape index (κ2) is 5.19. The van der Waals surface area contributed by atoms with Gasteiger partial charge < -0.3 is 9.63 Å². The Labute approximate surface area is 91.5 Å². The second-order valence-corrected chi connectivity index (χ2v) is 4.42. The predicted octanol–water partition coefficient (Wildman–Crippen LogP) is 3.63. The quantitative estimate of drug-likeness (QED) is 0.731. The third kappa shape index (κ3) is 2.98. The molecule has 1 aromatic heterocycles. The van der Waals surface area contributed by atoms with E-state index in [1.807, 2.05) is 0 Å². The topological polar surface area (TPSA) is 46.3 Å². The molecule has 0 saturated carbocycles. The molecule has 0 aromatic carbocycles. The summed E-state index contributed by atoms with van der Waals surface area (Å²) in [6.45, 7) is 6.53. The van der Waals surface area contributed by atoms with Crippen molar-refractivity contribution in [3.05, 3.63) is 11.8 Å². The van der Waals surface area contributed by atoms with E-state index in [9.17, 15) is 0 Å². The van der Waals surface area contributed by atoms with Crippen molar-refractivity contribution in [3.63, 3.8) is 0 Å². The minimum atomic E-state index is -0.0832. The van der Waals surface area contributed by atoms with Crippen LogP contribution < -0.4 is 0 Å². The molecule has 1 aromatic rings. The molecule has 1 rings (SSSR count). The molecule has 0 spiro atoms. The Kier molecular flexibility index (Phi) is 4.18. The van der Waals surface area contributed by atoms with Crippen molar-refractivity contribution in [1.29, 1.82) is 0 Å². The second-order valence-electron chi connectivity index (χ2n) is 4.42. The number of hydrogen-bond donors (Lipinski definition) is 1. The Bertz CT molecular complexity index is 296. The van der Waals surface area contributed by atoms with E-state index in [1.54, 1.807) is 6.07 Å². The molecule has 0 radical (unpaired) electrons. The van der Waals surface area contributed by atoms with Crippen LogP contribution in [-0.4, -0.2) is 10.3 Å². The lowest BCUT2D eigenvalue weighted by Gasteiger charge is -2.25. The van der Waals surface area contributed by atoms with Gasteiger partial charge in [0.1, 0.15) is 0 Å². The van der Waals surface area contributed by atoms with E-state index in [2.05, 4.69) is 25.9 Å². The molecule has 0 aliphatic carbocycles. The molecule has 86 valence electrons. The van der Waals surface area contributed by atoms with Gasteiger partial charge in [0.15, 0.2) is 0 Å². The summed E-state index contributed by atoms with van der Waals surface area (Å²) in [6.07, 6.45) is 5.80. The molecule has 3 heteroatoms. The summed E-state index contributed by atoms with van der Waals surface area (Å²) in [7, 11) is 0. The van der Waals surface area contributed by atoms with Gasteiger partial charge in [-0.15, -0.1) is 0 Å². The van der Waals surface area contributed by atoms with Crippen LogP contribution in [0.15, 0.2) is 10.6 Å². The minimum Gasteiger partial charge on any atom is -0.479 e. The van der Waals surface area contributed by atoms with Crippen molar-refractivity contribution >= 4 is 0 Å². The highest BCUT2D eigenvalue weighted by atomic mass is 16.5. The fourth-order valence-corrected chi connectivity index (χ4v) is 1.80. The van der Waals surface area contributed by atoms with Gasteiger partial charge in [-0.05, 0) is 12.8 Å². The van der Waals surface area contributed by atoms with Crippen molar-refractivity contribution in [1.82, 2.24) is 5.16 Å². The maximum absolute atomic E-state index is 9.15. The first-order valence-electron chi connectivity index (χ1n) is 5.78. The van der Waals surface area contributed by atoms with Gasteiger partial charge in [-0.25, -0.2) is 0 Å². The molecule has 1 unspecified atom stereocenters. The van der Waals surface area contributed by atoms with Gasteiger partial charge >= 0.3 is 5.95 Å². The molecule has 1 atom stereocenters. The lowest BCUT2D eigenvalue weighted by molar-refractivity contribution is 0.268. The van der Waals surface area contributed by atoms with Gasteiger partial charge in [-0.3, -0.25) is 0 Å². The average molecular weight is 211 g/mol. The number of hydrogen-bond acceptors (Lipinski definition) is 3. The zero-order valence-electron chi connectivity index (χ0n) is 9.92. The first-order chi connectivity index (χ1) is 7.12. The minimum absolute atomic E-state index is 0.0413.